The van der Waals surface area contributed by atoms with E-state index in [2.05, 4.69) is 6.58 Å². The third-order valence-corrected chi connectivity index (χ3v) is 6.65. The second-order valence-electron chi connectivity index (χ2n) is 6.44. The van der Waals surface area contributed by atoms with Crippen LogP contribution in [0.3, 0.4) is 0 Å². The van der Waals surface area contributed by atoms with Gasteiger partial charge in [0.25, 0.3) is 0 Å². The lowest BCUT2D eigenvalue weighted by Gasteiger charge is -2.35. The lowest BCUT2D eigenvalue weighted by molar-refractivity contribution is 0.0736. The first-order chi connectivity index (χ1) is 11.8. The highest BCUT2D eigenvalue weighted by Crippen LogP contribution is 2.31. The Morgan fingerprint density at radius 3 is 2.52 bits per heavy atom. The zero-order chi connectivity index (χ0) is 18.6. The standard InChI is InChI=1S/C18H27NO5S/c1-13-9-17(23-4)10-14(2)18(13)25(21,22)19-8-6-5-7-16(19)12-24-11-15(3)20/h9-10,16,20H,3,5-8,11-12H2,1-2,4H3. The van der Waals surface area contributed by atoms with Crippen molar-refractivity contribution in [3.63, 3.8) is 0 Å². The van der Waals surface area contributed by atoms with Gasteiger partial charge in [-0.15, -0.1) is 0 Å². The fourth-order valence-corrected chi connectivity index (χ4v) is 5.42. The topological polar surface area (TPSA) is 76.1 Å². The van der Waals surface area contributed by atoms with Crippen LogP contribution in [0.15, 0.2) is 29.4 Å². The van der Waals surface area contributed by atoms with Crippen molar-refractivity contribution in [2.45, 2.75) is 44.0 Å². The average molecular weight is 369 g/mol. The van der Waals surface area contributed by atoms with Crippen LogP contribution in [0.4, 0.5) is 0 Å². The van der Waals surface area contributed by atoms with E-state index in [1.807, 2.05) is 0 Å². The Kier molecular flexibility index (Phi) is 6.48. The summed E-state index contributed by atoms with van der Waals surface area (Å²) >= 11 is 0. The first-order valence-corrected chi connectivity index (χ1v) is 9.83. The molecule has 1 saturated heterocycles. The number of sulfonamides is 1. The second kappa shape index (κ2) is 8.21. The average Bonchev–Trinajstić information content (AvgIpc) is 2.53. The summed E-state index contributed by atoms with van der Waals surface area (Å²) in [5, 5.41) is 9.14. The van der Waals surface area contributed by atoms with E-state index in [4.69, 9.17) is 14.6 Å². The number of aliphatic hydroxyl groups excluding tert-OH is 1. The molecule has 1 aliphatic heterocycles. The normalized spacial score (nSPS) is 18.9. The molecular formula is C18H27NO5S. The number of methoxy groups -OCH3 is 1. The molecule has 25 heavy (non-hydrogen) atoms. The molecule has 0 aromatic heterocycles. The minimum atomic E-state index is -3.64. The molecule has 1 aromatic rings. The Morgan fingerprint density at radius 2 is 1.96 bits per heavy atom. The molecule has 1 heterocycles. The molecule has 0 radical (unpaired) electrons. The van der Waals surface area contributed by atoms with Gasteiger partial charge in [-0.3, -0.25) is 0 Å². The maximum atomic E-state index is 13.3. The Morgan fingerprint density at radius 1 is 1.32 bits per heavy atom. The number of nitrogens with zero attached hydrogens (tertiary/aromatic N) is 1. The number of ether oxygens (including phenoxy) is 2. The molecule has 1 aromatic carbocycles. The highest BCUT2D eigenvalue weighted by Gasteiger charge is 2.35. The van der Waals surface area contributed by atoms with Gasteiger partial charge in [-0.25, -0.2) is 8.42 Å². The fourth-order valence-electron chi connectivity index (χ4n) is 3.32. The predicted molar refractivity (Wildman–Crippen MR) is 96.6 cm³/mol. The zero-order valence-corrected chi connectivity index (χ0v) is 15.9. The van der Waals surface area contributed by atoms with Crippen LogP contribution in [0.25, 0.3) is 0 Å². The summed E-state index contributed by atoms with van der Waals surface area (Å²) in [6.07, 6.45) is 2.53. The number of hydrogen-bond acceptors (Lipinski definition) is 5. The molecule has 140 valence electrons. The highest BCUT2D eigenvalue weighted by atomic mass is 32.2. The van der Waals surface area contributed by atoms with Crippen LogP contribution in [0.1, 0.15) is 30.4 Å². The van der Waals surface area contributed by atoms with Gasteiger partial charge in [-0.1, -0.05) is 13.0 Å². The fraction of sp³-hybridized carbons (Fsp3) is 0.556. The number of hydrogen-bond donors (Lipinski definition) is 1. The summed E-state index contributed by atoms with van der Waals surface area (Å²) in [7, 11) is -2.07. The van der Waals surface area contributed by atoms with Gasteiger partial charge in [-0.05, 0) is 49.9 Å². The third kappa shape index (κ3) is 4.54. The quantitative estimate of drug-likeness (QED) is 0.748. The van der Waals surface area contributed by atoms with E-state index < -0.39 is 10.0 Å². The predicted octanol–water partition coefficient (Wildman–Crippen LogP) is 2.94. The van der Waals surface area contributed by atoms with E-state index in [0.29, 0.717) is 28.3 Å². The molecule has 6 nitrogen and oxygen atoms in total. The lowest BCUT2D eigenvalue weighted by atomic mass is 10.1. The summed E-state index contributed by atoms with van der Waals surface area (Å²) in [5.74, 6) is 0.584. The molecule has 0 bridgehead atoms. The molecular weight excluding hydrogens is 342 g/mol. The van der Waals surface area contributed by atoms with Crippen LogP contribution < -0.4 is 4.74 Å². The van der Waals surface area contributed by atoms with Gasteiger partial charge in [0, 0.05) is 12.6 Å². The lowest BCUT2D eigenvalue weighted by Crippen LogP contribution is -2.46. The monoisotopic (exact) mass is 369 g/mol. The van der Waals surface area contributed by atoms with Crippen molar-refractivity contribution in [1.82, 2.24) is 4.31 Å². The van der Waals surface area contributed by atoms with Crippen molar-refractivity contribution in [1.29, 1.82) is 0 Å². The van der Waals surface area contributed by atoms with Crippen LogP contribution >= 0.6 is 0 Å². The van der Waals surface area contributed by atoms with Gasteiger partial charge >= 0.3 is 0 Å². The van der Waals surface area contributed by atoms with Gasteiger partial charge in [0.05, 0.1) is 18.6 Å². The SMILES string of the molecule is C=C(O)COCC1CCCCN1S(=O)(=O)c1c(C)cc(OC)cc1C. The van der Waals surface area contributed by atoms with Gasteiger partial charge in [0.1, 0.15) is 18.1 Å². The van der Waals surface area contributed by atoms with Crippen LogP contribution in [-0.2, 0) is 14.8 Å². The van der Waals surface area contributed by atoms with Gasteiger partial charge < -0.3 is 14.6 Å². The molecule has 2 rings (SSSR count). The Bertz CT molecular complexity index is 706. The van der Waals surface area contributed by atoms with Crippen LogP contribution in [0.5, 0.6) is 5.75 Å². The Balaban J connectivity index is 2.31. The molecule has 1 atom stereocenters. The van der Waals surface area contributed by atoms with Gasteiger partial charge in [0.2, 0.25) is 10.0 Å². The van der Waals surface area contributed by atoms with Crippen molar-refractivity contribution in [2.24, 2.45) is 0 Å². The molecule has 0 aliphatic carbocycles. The largest absolute Gasteiger partial charge is 0.510 e. The summed E-state index contributed by atoms with van der Waals surface area (Å²) in [6, 6.07) is 3.25. The van der Waals surface area contributed by atoms with E-state index in [0.717, 1.165) is 19.3 Å². The van der Waals surface area contributed by atoms with Crippen LogP contribution in [0, 0.1) is 13.8 Å². The summed E-state index contributed by atoms with van der Waals surface area (Å²) in [5.41, 5.74) is 1.34. The summed E-state index contributed by atoms with van der Waals surface area (Å²) < 4.78 is 38.8. The third-order valence-electron chi connectivity index (χ3n) is 4.39. The van der Waals surface area contributed by atoms with E-state index >= 15 is 0 Å². The second-order valence-corrected chi connectivity index (χ2v) is 8.26. The van der Waals surface area contributed by atoms with Crippen molar-refractivity contribution in [3.8, 4) is 5.75 Å². The van der Waals surface area contributed by atoms with Crippen LogP contribution in [0.2, 0.25) is 0 Å². The van der Waals surface area contributed by atoms with Crippen molar-refractivity contribution in [3.05, 3.63) is 35.6 Å². The van der Waals surface area contributed by atoms with E-state index in [1.54, 1.807) is 37.4 Å². The minimum Gasteiger partial charge on any atom is -0.510 e. The van der Waals surface area contributed by atoms with E-state index in [1.165, 1.54) is 0 Å². The maximum absolute atomic E-state index is 13.3. The number of piperidine rings is 1. The minimum absolute atomic E-state index is 0.0188. The summed E-state index contributed by atoms with van der Waals surface area (Å²) in [4.78, 5) is 0.340. The van der Waals surface area contributed by atoms with Gasteiger partial charge in [0.15, 0.2) is 0 Å². The number of rotatable bonds is 7. The molecule has 7 heteroatoms. The van der Waals surface area contributed by atoms with Crippen LogP contribution in [-0.4, -0.2) is 50.7 Å². The van der Waals surface area contributed by atoms with Crippen molar-refractivity contribution in [2.75, 3.05) is 26.9 Å². The molecule has 1 aliphatic rings. The first kappa shape index (κ1) is 19.8. The van der Waals surface area contributed by atoms with Gasteiger partial charge in [-0.2, -0.15) is 4.31 Å². The number of aryl methyl sites for hydroxylation is 2. The first-order valence-electron chi connectivity index (χ1n) is 8.39. The highest BCUT2D eigenvalue weighted by molar-refractivity contribution is 7.89. The Labute approximate surface area is 150 Å². The number of aliphatic hydroxyl groups is 1. The smallest absolute Gasteiger partial charge is 0.243 e. The zero-order valence-electron chi connectivity index (χ0n) is 15.1. The van der Waals surface area contributed by atoms with Crippen molar-refractivity contribution < 1.29 is 23.0 Å². The molecule has 1 fully saturated rings. The molecule has 0 amide bonds. The molecule has 1 N–H and O–H groups in total. The Hall–Kier alpha value is -1.57. The molecule has 0 spiro atoms. The molecule has 0 saturated carbocycles. The van der Waals surface area contributed by atoms with E-state index in [9.17, 15) is 8.42 Å². The summed E-state index contributed by atoms with van der Waals surface area (Å²) in [6.45, 7) is 7.69. The van der Waals surface area contributed by atoms with E-state index in [-0.39, 0.29) is 25.0 Å². The number of benzene rings is 1. The molecule has 1 unspecified atom stereocenters. The van der Waals surface area contributed by atoms with Crippen molar-refractivity contribution >= 4 is 10.0 Å². The maximum Gasteiger partial charge on any atom is 0.243 e.